The molecule has 8 heteroatoms. The van der Waals surface area contributed by atoms with Crippen LogP contribution in [0.2, 0.25) is 0 Å². The van der Waals surface area contributed by atoms with E-state index in [0.29, 0.717) is 66.7 Å². The van der Waals surface area contributed by atoms with Gasteiger partial charge in [-0.05, 0) is 30.7 Å². The predicted molar refractivity (Wildman–Crippen MR) is 116 cm³/mol. The third kappa shape index (κ3) is 4.52. The van der Waals surface area contributed by atoms with Crippen LogP contribution in [0.4, 0.5) is 0 Å². The number of ether oxygens (including phenoxy) is 4. The number of rotatable bonds is 6. The lowest BCUT2D eigenvalue weighted by Crippen LogP contribution is -2.37. The average molecular weight is 428 g/mol. The summed E-state index contributed by atoms with van der Waals surface area (Å²) < 4.78 is 21.5. The highest BCUT2D eigenvalue weighted by atomic mass is 16.5. The Bertz CT molecular complexity index is 826. The molecule has 0 unspecified atom stereocenters. The minimum Gasteiger partial charge on any atom is -0.496 e. The summed E-state index contributed by atoms with van der Waals surface area (Å²) in [5.41, 5.74) is 0.775. The first-order valence-electron chi connectivity index (χ1n) is 10.1. The van der Waals surface area contributed by atoms with Crippen LogP contribution in [0.3, 0.4) is 0 Å². The second-order valence-corrected chi connectivity index (χ2v) is 7.01. The summed E-state index contributed by atoms with van der Waals surface area (Å²) in [6.07, 6.45) is 0.645. The van der Waals surface area contributed by atoms with Crippen molar-refractivity contribution >= 4 is 11.8 Å². The molecule has 166 valence electrons. The highest BCUT2D eigenvalue weighted by molar-refractivity contribution is 6.01. The number of benzene rings is 2. The number of amides is 2. The quantitative estimate of drug-likeness (QED) is 0.704. The molecule has 0 N–H and O–H groups in total. The number of methoxy groups -OCH3 is 4. The van der Waals surface area contributed by atoms with Crippen molar-refractivity contribution in [3.63, 3.8) is 0 Å². The average Bonchev–Trinajstić information content (AvgIpc) is 3.08. The molecular weight excluding hydrogens is 400 g/mol. The minimum atomic E-state index is -0.182. The van der Waals surface area contributed by atoms with E-state index >= 15 is 0 Å². The lowest BCUT2D eigenvalue weighted by atomic mass is 10.1. The maximum Gasteiger partial charge on any atom is 0.261 e. The maximum absolute atomic E-state index is 13.3. The zero-order valence-electron chi connectivity index (χ0n) is 18.3. The molecule has 2 aromatic rings. The largest absolute Gasteiger partial charge is 0.496 e. The van der Waals surface area contributed by atoms with E-state index in [1.165, 1.54) is 28.4 Å². The van der Waals surface area contributed by atoms with E-state index in [1.807, 2.05) is 0 Å². The third-order valence-corrected chi connectivity index (χ3v) is 5.35. The van der Waals surface area contributed by atoms with Gasteiger partial charge in [0.05, 0.1) is 28.4 Å². The lowest BCUT2D eigenvalue weighted by Gasteiger charge is -2.24. The van der Waals surface area contributed by atoms with E-state index < -0.39 is 0 Å². The molecule has 1 saturated heterocycles. The molecule has 31 heavy (non-hydrogen) atoms. The molecule has 1 aliphatic heterocycles. The fourth-order valence-corrected chi connectivity index (χ4v) is 3.76. The highest BCUT2D eigenvalue weighted by Crippen LogP contribution is 2.31. The van der Waals surface area contributed by atoms with Crippen LogP contribution >= 0.6 is 0 Å². The smallest absolute Gasteiger partial charge is 0.261 e. The molecule has 0 saturated carbocycles. The first kappa shape index (κ1) is 22.3. The van der Waals surface area contributed by atoms with E-state index in [0.717, 1.165) is 0 Å². The monoisotopic (exact) mass is 428 g/mol. The van der Waals surface area contributed by atoms with Crippen molar-refractivity contribution in [3.05, 3.63) is 47.5 Å². The fraction of sp³-hybridized carbons (Fsp3) is 0.391. The molecule has 0 radical (unpaired) electrons. The molecular formula is C23H28N2O6. The second kappa shape index (κ2) is 10.1. The molecule has 0 bridgehead atoms. The number of hydrogen-bond acceptors (Lipinski definition) is 6. The zero-order valence-corrected chi connectivity index (χ0v) is 18.3. The highest BCUT2D eigenvalue weighted by Gasteiger charge is 2.29. The minimum absolute atomic E-state index is 0.182. The molecule has 1 aliphatic rings. The first-order valence-corrected chi connectivity index (χ1v) is 10.1. The normalized spacial score (nSPS) is 13.9. The standard InChI is InChI=1S/C23H28N2O6/c1-28-16-8-5-9-17(29-2)20(16)22(26)24-12-7-13-25(15-14-24)23(27)21-18(30-3)10-6-11-19(21)31-4/h5-6,8-11H,7,12-15H2,1-4H3. The Morgan fingerprint density at radius 2 is 0.935 bits per heavy atom. The van der Waals surface area contributed by atoms with Gasteiger partial charge >= 0.3 is 0 Å². The van der Waals surface area contributed by atoms with E-state index in [9.17, 15) is 9.59 Å². The van der Waals surface area contributed by atoms with Crippen molar-refractivity contribution in [2.75, 3.05) is 54.6 Å². The summed E-state index contributed by atoms with van der Waals surface area (Å²) in [6, 6.07) is 10.5. The topological polar surface area (TPSA) is 77.5 Å². The van der Waals surface area contributed by atoms with Crippen LogP contribution in [0.15, 0.2) is 36.4 Å². The van der Waals surface area contributed by atoms with Gasteiger partial charge in [-0.1, -0.05) is 12.1 Å². The van der Waals surface area contributed by atoms with Gasteiger partial charge in [0.15, 0.2) is 0 Å². The van der Waals surface area contributed by atoms with Crippen LogP contribution in [0.1, 0.15) is 27.1 Å². The van der Waals surface area contributed by atoms with Gasteiger partial charge in [-0.25, -0.2) is 0 Å². The lowest BCUT2D eigenvalue weighted by molar-refractivity contribution is 0.0711. The zero-order chi connectivity index (χ0) is 22.4. The first-order chi connectivity index (χ1) is 15.0. The van der Waals surface area contributed by atoms with Crippen LogP contribution in [0.5, 0.6) is 23.0 Å². The molecule has 0 atom stereocenters. The van der Waals surface area contributed by atoms with Gasteiger partial charge in [0.2, 0.25) is 0 Å². The van der Waals surface area contributed by atoms with Crippen molar-refractivity contribution in [2.24, 2.45) is 0 Å². The predicted octanol–water partition coefficient (Wildman–Crippen LogP) is 2.71. The Morgan fingerprint density at radius 1 is 0.613 bits per heavy atom. The van der Waals surface area contributed by atoms with E-state index in [2.05, 4.69) is 0 Å². The Kier molecular flexibility index (Phi) is 7.23. The van der Waals surface area contributed by atoms with Crippen LogP contribution in [-0.2, 0) is 0 Å². The molecule has 1 heterocycles. The number of carbonyl (C=O) groups is 2. The molecule has 1 fully saturated rings. The molecule has 0 aliphatic carbocycles. The van der Waals surface area contributed by atoms with Gasteiger partial charge in [0, 0.05) is 26.2 Å². The van der Waals surface area contributed by atoms with Gasteiger partial charge in [-0.2, -0.15) is 0 Å². The maximum atomic E-state index is 13.3. The van der Waals surface area contributed by atoms with Crippen molar-refractivity contribution < 1.29 is 28.5 Å². The molecule has 2 aromatic carbocycles. The van der Waals surface area contributed by atoms with Gasteiger partial charge < -0.3 is 28.7 Å². The van der Waals surface area contributed by atoms with E-state index in [1.54, 1.807) is 46.2 Å². The number of carbonyl (C=O) groups excluding carboxylic acids is 2. The van der Waals surface area contributed by atoms with Crippen LogP contribution < -0.4 is 18.9 Å². The molecule has 0 spiro atoms. The Hall–Kier alpha value is -3.42. The van der Waals surface area contributed by atoms with Crippen LogP contribution in [0, 0.1) is 0 Å². The summed E-state index contributed by atoms with van der Waals surface area (Å²) in [5, 5.41) is 0. The summed E-state index contributed by atoms with van der Waals surface area (Å²) in [4.78, 5) is 30.0. The Morgan fingerprint density at radius 3 is 1.23 bits per heavy atom. The summed E-state index contributed by atoms with van der Waals surface area (Å²) in [6.45, 7) is 1.83. The van der Waals surface area contributed by atoms with Crippen LogP contribution in [-0.4, -0.2) is 76.2 Å². The summed E-state index contributed by atoms with van der Waals surface area (Å²) in [7, 11) is 6.09. The van der Waals surface area contributed by atoms with Crippen molar-refractivity contribution in [1.82, 2.24) is 9.80 Å². The van der Waals surface area contributed by atoms with E-state index in [-0.39, 0.29) is 11.8 Å². The van der Waals surface area contributed by atoms with Crippen molar-refractivity contribution in [1.29, 1.82) is 0 Å². The van der Waals surface area contributed by atoms with Gasteiger partial charge in [-0.3, -0.25) is 9.59 Å². The third-order valence-electron chi connectivity index (χ3n) is 5.35. The van der Waals surface area contributed by atoms with Gasteiger partial charge in [-0.15, -0.1) is 0 Å². The second-order valence-electron chi connectivity index (χ2n) is 7.01. The molecule has 8 nitrogen and oxygen atoms in total. The van der Waals surface area contributed by atoms with Crippen LogP contribution in [0.25, 0.3) is 0 Å². The molecule has 3 rings (SSSR count). The Labute approximate surface area is 182 Å². The summed E-state index contributed by atoms with van der Waals surface area (Å²) in [5.74, 6) is 1.47. The Balaban J connectivity index is 1.81. The molecule has 0 aromatic heterocycles. The van der Waals surface area contributed by atoms with Crippen molar-refractivity contribution in [3.8, 4) is 23.0 Å². The van der Waals surface area contributed by atoms with Crippen molar-refractivity contribution in [2.45, 2.75) is 6.42 Å². The van der Waals surface area contributed by atoms with Gasteiger partial charge in [0.1, 0.15) is 34.1 Å². The number of hydrogen-bond donors (Lipinski definition) is 0. The fourth-order valence-electron chi connectivity index (χ4n) is 3.76. The molecule has 2 amide bonds. The SMILES string of the molecule is COc1cccc(OC)c1C(=O)N1CCCN(C(=O)c2c(OC)cccc2OC)CC1. The summed E-state index contributed by atoms with van der Waals surface area (Å²) >= 11 is 0. The van der Waals surface area contributed by atoms with E-state index in [4.69, 9.17) is 18.9 Å². The number of nitrogens with zero attached hydrogens (tertiary/aromatic N) is 2. The van der Waals surface area contributed by atoms with Gasteiger partial charge in [0.25, 0.3) is 11.8 Å².